The summed E-state index contributed by atoms with van der Waals surface area (Å²) < 4.78 is 3.81. The Kier molecular flexibility index (Phi) is 4.42. The zero-order valence-electron chi connectivity index (χ0n) is 14.6. The minimum Gasteiger partial charge on any atom is -0.324 e. The van der Waals surface area contributed by atoms with Crippen molar-refractivity contribution >= 4 is 11.7 Å². The number of aromatic nitrogens is 5. The van der Waals surface area contributed by atoms with Crippen LogP contribution >= 0.6 is 0 Å². The van der Waals surface area contributed by atoms with Gasteiger partial charge in [-0.25, -0.2) is 4.79 Å². The molecule has 1 saturated carbocycles. The van der Waals surface area contributed by atoms with E-state index in [1.54, 1.807) is 12.4 Å². The first-order valence-corrected chi connectivity index (χ1v) is 9.13. The van der Waals surface area contributed by atoms with E-state index in [2.05, 4.69) is 27.7 Å². The molecule has 2 atom stereocenters. The van der Waals surface area contributed by atoms with Gasteiger partial charge in [-0.1, -0.05) is 5.21 Å². The normalized spacial score (nSPS) is 22.0. The highest BCUT2D eigenvalue weighted by Gasteiger charge is 2.30. The number of hydrogen-bond donors (Lipinski definition) is 1. The zero-order chi connectivity index (χ0) is 17.2. The first kappa shape index (κ1) is 16.1. The standard InChI is InChI=1S/C17H25N7O/c1-13(15-4-5-15)24-12-16(9-19-24)20-17(25)22-7-2-3-14(10-22)11-23-8-6-18-21-23/h6,8-9,12-15H,2-5,7,10-11H2,1H3,(H,20,25). The number of nitrogens with zero attached hydrogens (tertiary/aromatic N) is 6. The van der Waals surface area contributed by atoms with Crippen LogP contribution in [-0.4, -0.2) is 48.8 Å². The molecule has 0 radical (unpaired) electrons. The third-order valence-electron chi connectivity index (χ3n) is 5.30. The van der Waals surface area contributed by atoms with Crippen LogP contribution in [0.3, 0.4) is 0 Å². The number of rotatable bonds is 5. The van der Waals surface area contributed by atoms with Crippen molar-refractivity contribution < 1.29 is 4.79 Å². The van der Waals surface area contributed by atoms with Gasteiger partial charge in [-0.05, 0) is 44.4 Å². The van der Waals surface area contributed by atoms with Gasteiger partial charge in [-0.2, -0.15) is 5.10 Å². The minimum atomic E-state index is -0.0399. The summed E-state index contributed by atoms with van der Waals surface area (Å²) in [7, 11) is 0. The van der Waals surface area contributed by atoms with E-state index in [-0.39, 0.29) is 6.03 Å². The van der Waals surface area contributed by atoms with E-state index < -0.39 is 0 Å². The predicted molar refractivity (Wildman–Crippen MR) is 93.0 cm³/mol. The van der Waals surface area contributed by atoms with Crippen LogP contribution in [0.5, 0.6) is 0 Å². The summed E-state index contributed by atoms with van der Waals surface area (Å²) in [4.78, 5) is 14.5. The Hall–Kier alpha value is -2.38. The minimum absolute atomic E-state index is 0.0399. The van der Waals surface area contributed by atoms with E-state index in [4.69, 9.17) is 0 Å². The van der Waals surface area contributed by atoms with E-state index in [0.29, 0.717) is 12.0 Å². The highest BCUT2D eigenvalue weighted by Crippen LogP contribution is 2.39. The highest BCUT2D eigenvalue weighted by molar-refractivity contribution is 5.89. The fraction of sp³-hybridized carbons (Fsp3) is 0.647. The first-order valence-electron chi connectivity index (χ1n) is 9.13. The lowest BCUT2D eigenvalue weighted by atomic mass is 9.98. The van der Waals surface area contributed by atoms with Gasteiger partial charge in [0.05, 0.1) is 24.1 Å². The molecule has 8 nitrogen and oxygen atoms in total. The van der Waals surface area contributed by atoms with Crippen molar-refractivity contribution in [1.29, 1.82) is 0 Å². The number of piperidine rings is 1. The topological polar surface area (TPSA) is 80.9 Å². The van der Waals surface area contributed by atoms with Crippen molar-refractivity contribution in [3.8, 4) is 0 Å². The number of carbonyl (C=O) groups excluding carboxylic acids is 1. The van der Waals surface area contributed by atoms with Crippen LogP contribution in [0.15, 0.2) is 24.8 Å². The Morgan fingerprint density at radius 3 is 3.04 bits per heavy atom. The zero-order valence-corrected chi connectivity index (χ0v) is 14.6. The second-order valence-corrected chi connectivity index (χ2v) is 7.30. The Balaban J connectivity index is 1.32. The Labute approximate surface area is 147 Å². The van der Waals surface area contributed by atoms with Crippen LogP contribution in [0.4, 0.5) is 10.5 Å². The molecule has 4 rings (SSSR count). The first-order chi connectivity index (χ1) is 12.2. The lowest BCUT2D eigenvalue weighted by Crippen LogP contribution is -2.43. The maximum atomic E-state index is 12.6. The van der Waals surface area contributed by atoms with Crippen LogP contribution in [0.2, 0.25) is 0 Å². The van der Waals surface area contributed by atoms with Gasteiger partial charge in [0.25, 0.3) is 0 Å². The van der Waals surface area contributed by atoms with Gasteiger partial charge in [-0.3, -0.25) is 9.36 Å². The van der Waals surface area contributed by atoms with Crippen LogP contribution in [0, 0.1) is 11.8 Å². The molecule has 3 heterocycles. The van der Waals surface area contributed by atoms with Crippen molar-refractivity contribution in [1.82, 2.24) is 29.7 Å². The van der Waals surface area contributed by atoms with Gasteiger partial charge in [0.15, 0.2) is 0 Å². The molecule has 2 fully saturated rings. The second-order valence-electron chi connectivity index (χ2n) is 7.30. The summed E-state index contributed by atoms with van der Waals surface area (Å²) in [6, 6.07) is 0.370. The lowest BCUT2D eigenvalue weighted by Gasteiger charge is -2.32. The third-order valence-corrected chi connectivity index (χ3v) is 5.30. The summed E-state index contributed by atoms with van der Waals surface area (Å²) in [5, 5.41) is 15.3. The van der Waals surface area contributed by atoms with Crippen molar-refractivity contribution in [2.24, 2.45) is 11.8 Å². The van der Waals surface area contributed by atoms with Crippen molar-refractivity contribution in [2.75, 3.05) is 18.4 Å². The van der Waals surface area contributed by atoms with Gasteiger partial charge in [0, 0.05) is 32.0 Å². The molecule has 2 aromatic rings. The summed E-state index contributed by atoms with van der Waals surface area (Å²) in [6.07, 6.45) is 11.9. The van der Waals surface area contributed by atoms with E-state index >= 15 is 0 Å². The van der Waals surface area contributed by atoms with Crippen LogP contribution in [-0.2, 0) is 6.54 Å². The smallest absolute Gasteiger partial charge is 0.321 e. The van der Waals surface area contributed by atoms with Crippen molar-refractivity contribution in [3.05, 3.63) is 24.8 Å². The fourth-order valence-corrected chi connectivity index (χ4v) is 3.62. The molecule has 1 aliphatic carbocycles. The summed E-state index contributed by atoms with van der Waals surface area (Å²) >= 11 is 0. The predicted octanol–water partition coefficient (Wildman–Crippen LogP) is 2.39. The Morgan fingerprint density at radius 1 is 1.40 bits per heavy atom. The van der Waals surface area contributed by atoms with E-state index in [1.165, 1.54) is 12.8 Å². The SMILES string of the molecule is CC(C1CC1)n1cc(NC(=O)N2CCCC(Cn3ccnn3)C2)cn1. The van der Waals surface area contributed by atoms with Crippen LogP contribution in [0.25, 0.3) is 0 Å². The molecule has 1 aliphatic heterocycles. The molecule has 0 aromatic carbocycles. The maximum absolute atomic E-state index is 12.6. The van der Waals surface area contributed by atoms with Crippen molar-refractivity contribution in [3.63, 3.8) is 0 Å². The molecule has 0 bridgehead atoms. The largest absolute Gasteiger partial charge is 0.324 e. The molecular formula is C17H25N7O. The number of nitrogens with one attached hydrogen (secondary N) is 1. The molecule has 2 amide bonds. The average molecular weight is 343 g/mol. The molecule has 2 unspecified atom stereocenters. The number of anilines is 1. The molecule has 2 aliphatic rings. The quantitative estimate of drug-likeness (QED) is 0.904. The number of hydrogen-bond acceptors (Lipinski definition) is 4. The number of urea groups is 1. The highest BCUT2D eigenvalue weighted by atomic mass is 16.2. The molecule has 1 saturated heterocycles. The number of likely N-dealkylation sites (tertiary alicyclic amines) is 1. The fourth-order valence-electron chi connectivity index (χ4n) is 3.62. The van der Waals surface area contributed by atoms with Gasteiger partial charge in [0.1, 0.15) is 0 Å². The average Bonchev–Trinajstić information content (AvgIpc) is 3.15. The summed E-state index contributed by atoms with van der Waals surface area (Å²) in [6.45, 7) is 4.54. The summed E-state index contributed by atoms with van der Waals surface area (Å²) in [5.74, 6) is 1.15. The van der Waals surface area contributed by atoms with Gasteiger partial charge in [-0.15, -0.1) is 5.10 Å². The van der Waals surface area contributed by atoms with E-state index in [1.807, 2.05) is 26.7 Å². The van der Waals surface area contributed by atoms with Crippen LogP contribution in [0.1, 0.15) is 38.6 Å². The Morgan fingerprint density at radius 2 is 2.28 bits per heavy atom. The molecule has 134 valence electrons. The lowest BCUT2D eigenvalue weighted by molar-refractivity contribution is 0.168. The molecule has 25 heavy (non-hydrogen) atoms. The maximum Gasteiger partial charge on any atom is 0.321 e. The van der Waals surface area contributed by atoms with Gasteiger partial charge >= 0.3 is 6.03 Å². The number of amides is 2. The molecule has 8 heteroatoms. The van der Waals surface area contributed by atoms with Crippen molar-refractivity contribution in [2.45, 2.75) is 45.2 Å². The monoisotopic (exact) mass is 343 g/mol. The second kappa shape index (κ2) is 6.85. The molecule has 2 aromatic heterocycles. The molecule has 1 N–H and O–H groups in total. The van der Waals surface area contributed by atoms with Gasteiger partial charge < -0.3 is 10.2 Å². The molecular weight excluding hydrogens is 318 g/mol. The third kappa shape index (κ3) is 3.83. The van der Waals surface area contributed by atoms with Gasteiger partial charge in [0.2, 0.25) is 0 Å². The Bertz CT molecular complexity index is 706. The van der Waals surface area contributed by atoms with E-state index in [9.17, 15) is 4.79 Å². The number of carbonyl (C=O) groups is 1. The van der Waals surface area contributed by atoms with Crippen LogP contribution < -0.4 is 5.32 Å². The molecule has 0 spiro atoms. The van der Waals surface area contributed by atoms with E-state index in [0.717, 1.165) is 44.1 Å². The summed E-state index contributed by atoms with van der Waals surface area (Å²) in [5.41, 5.74) is 0.774.